The first-order valence-electron chi connectivity index (χ1n) is 8.82. The third-order valence-electron chi connectivity index (χ3n) is 4.96. The van der Waals surface area contributed by atoms with Crippen LogP contribution < -0.4 is 10.3 Å². The topological polar surface area (TPSA) is 49.1 Å². The van der Waals surface area contributed by atoms with Gasteiger partial charge in [0.05, 0.1) is 6.20 Å². The van der Waals surface area contributed by atoms with Gasteiger partial charge in [-0.15, -0.1) is 0 Å². The Bertz CT molecular complexity index is 1190. The molecule has 0 amide bonds. The number of hydrogen-bond donors (Lipinski definition) is 0. The minimum absolute atomic E-state index is 0.00909. The molecule has 4 aromatic rings. The molecule has 0 atom stereocenters. The van der Waals surface area contributed by atoms with E-state index in [2.05, 4.69) is 29.4 Å². The highest BCUT2D eigenvalue weighted by Crippen LogP contribution is 2.27. The van der Waals surface area contributed by atoms with Gasteiger partial charge in [0.15, 0.2) is 0 Å². The fourth-order valence-electron chi connectivity index (χ4n) is 3.10. The van der Waals surface area contributed by atoms with Crippen LogP contribution in [0.4, 0.5) is 0 Å². The molecule has 0 aliphatic rings. The van der Waals surface area contributed by atoms with E-state index in [9.17, 15) is 4.79 Å². The lowest BCUT2D eigenvalue weighted by Gasteiger charge is -2.09. The van der Waals surface area contributed by atoms with Crippen molar-refractivity contribution >= 4 is 10.8 Å². The molecule has 27 heavy (non-hydrogen) atoms. The quantitative estimate of drug-likeness (QED) is 0.556. The second-order valence-corrected chi connectivity index (χ2v) is 6.76. The van der Waals surface area contributed by atoms with E-state index < -0.39 is 0 Å². The SMILES string of the molecule is Cc1c(COc2ccc3cc(-c4ccc(=O)n(C)c4)ccc3c2)cnn1C. The summed E-state index contributed by atoms with van der Waals surface area (Å²) in [4.78, 5) is 11.6. The lowest BCUT2D eigenvalue weighted by molar-refractivity contribution is 0.305. The Labute approximate surface area is 157 Å². The highest BCUT2D eigenvalue weighted by atomic mass is 16.5. The van der Waals surface area contributed by atoms with Gasteiger partial charge in [-0.3, -0.25) is 9.48 Å². The second kappa shape index (κ2) is 6.76. The molecule has 0 radical (unpaired) electrons. The first-order chi connectivity index (χ1) is 13.0. The predicted octanol–water partition coefficient (Wildman–Crippen LogP) is 3.83. The van der Waals surface area contributed by atoms with Crippen LogP contribution in [-0.4, -0.2) is 14.3 Å². The van der Waals surface area contributed by atoms with Crippen molar-refractivity contribution in [2.24, 2.45) is 14.1 Å². The molecule has 0 bridgehead atoms. The summed E-state index contributed by atoms with van der Waals surface area (Å²) in [6.07, 6.45) is 3.70. The minimum atomic E-state index is -0.00909. The van der Waals surface area contributed by atoms with E-state index in [1.807, 2.05) is 49.2 Å². The van der Waals surface area contributed by atoms with Crippen molar-refractivity contribution in [1.29, 1.82) is 0 Å². The lowest BCUT2D eigenvalue weighted by Crippen LogP contribution is -2.13. The molecular formula is C22H21N3O2. The summed E-state index contributed by atoms with van der Waals surface area (Å²) in [5.41, 5.74) is 4.29. The van der Waals surface area contributed by atoms with Crippen molar-refractivity contribution in [3.05, 3.63) is 82.5 Å². The van der Waals surface area contributed by atoms with Gasteiger partial charge in [-0.25, -0.2) is 0 Å². The van der Waals surface area contributed by atoms with Gasteiger partial charge in [-0.1, -0.05) is 18.2 Å². The summed E-state index contributed by atoms with van der Waals surface area (Å²) in [7, 11) is 3.69. The number of aromatic nitrogens is 3. The van der Waals surface area contributed by atoms with E-state index >= 15 is 0 Å². The van der Waals surface area contributed by atoms with Crippen LogP contribution in [0.1, 0.15) is 11.3 Å². The number of rotatable bonds is 4. The molecule has 0 spiro atoms. The average molecular weight is 359 g/mol. The zero-order valence-corrected chi connectivity index (χ0v) is 15.6. The monoisotopic (exact) mass is 359 g/mol. The molecule has 5 nitrogen and oxygen atoms in total. The van der Waals surface area contributed by atoms with Gasteiger partial charge in [-0.05, 0) is 53.1 Å². The van der Waals surface area contributed by atoms with Gasteiger partial charge in [0.25, 0.3) is 0 Å². The molecule has 2 aromatic carbocycles. The summed E-state index contributed by atoms with van der Waals surface area (Å²) >= 11 is 0. The number of fused-ring (bicyclic) bond motifs is 1. The molecule has 0 unspecified atom stereocenters. The number of benzene rings is 2. The molecule has 2 heterocycles. The number of hydrogen-bond acceptors (Lipinski definition) is 3. The van der Waals surface area contributed by atoms with Gasteiger partial charge in [0.2, 0.25) is 5.56 Å². The zero-order chi connectivity index (χ0) is 19.0. The molecule has 0 saturated heterocycles. The van der Waals surface area contributed by atoms with Crippen molar-refractivity contribution in [1.82, 2.24) is 14.3 Å². The van der Waals surface area contributed by atoms with Crippen molar-refractivity contribution in [2.75, 3.05) is 0 Å². The van der Waals surface area contributed by atoms with Gasteiger partial charge in [0.1, 0.15) is 12.4 Å². The Balaban J connectivity index is 1.59. The maximum absolute atomic E-state index is 11.6. The van der Waals surface area contributed by atoms with Crippen molar-refractivity contribution < 1.29 is 4.74 Å². The van der Waals surface area contributed by atoms with E-state index in [0.29, 0.717) is 6.61 Å². The van der Waals surface area contributed by atoms with E-state index in [0.717, 1.165) is 38.9 Å². The standard InChI is InChI=1S/C22H21N3O2/c1-15-20(12-23-25(15)3)14-27-21-8-6-16-10-17(4-5-18(16)11-21)19-7-9-22(26)24(2)13-19/h4-13H,14H2,1-3H3. The maximum atomic E-state index is 11.6. The summed E-state index contributed by atoms with van der Waals surface area (Å²) in [5, 5.41) is 6.49. The Morgan fingerprint density at radius 1 is 0.963 bits per heavy atom. The van der Waals surface area contributed by atoms with Gasteiger partial charge >= 0.3 is 0 Å². The zero-order valence-electron chi connectivity index (χ0n) is 15.6. The molecular weight excluding hydrogens is 338 g/mol. The molecule has 0 aliphatic carbocycles. The normalized spacial score (nSPS) is 11.1. The number of aryl methyl sites for hydroxylation is 2. The largest absolute Gasteiger partial charge is 0.489 e. The highest BCUT2D eigenvalue weighted by Gasteiger charge is 2.06. The van der Waals surface area contributed by atoms with Gasteiger partial charge < -0.3 is 9.30 Å². The molecule has 0 saturated carbocycles. The molecule has 4 rings (SSSR count). The van der Waals surface area contributed by atoms with Crippen LogP contribution in [0.3, 0.4) is 0 Å². The van der Waals surface area contributed by atoms with Crippen LogP contribution in [0.5, 0.6) is 5.75 Å². The van der Waals surface area contributed by atoms with Crippen molar-refractivity contribution in [3.63, 3.8) is 0 Å². The lowest BCUT2D eigenvalue weighted by atomic mass is 10.0. The third-order valence-corrected chi connectivity index (χ3v) is 4.96. The Morgan fingerprint density at radius 3 is 2.44 bits per heavy atom. The fraction of sp³-hybridized carbons (Fsp3) is 0.182. The maximum Gasteiger partial charge on any atom is 0.250 e. The Hall–Kier alpha value is -3.34. The molecule has 0 aliphatic heterocycles. The van der Waals surface area contributed by atoms with Gasteiger partial charge in [0, 0.05) is 37.6 Å². The van der Waals surface area contributed by atoms with Gasteiger partial charge in [-0.2, -0.15) is 5.10 Å². The van der Waals surface area contributed by atoms with Crippen LogP contribution in [0.25, 0.3) is 21.9 Å². The molecule has 5 heteroatoms. The first-order valence-corrected chi connectivity index (χ1v) is 8.82. The smallest absolute Gasteiger partial charge is 0.250 e. The van der Waals surface area contributed by atoms with E-state index in [1.54, 1.807) is 17.7 Å². The van der Waals surface area contributed by atoms with Crippen LogP contribution in [0.15, 0.2) is 65.7 Å². The number of ether oxygens (including phenoxy) is 1. The average Bonchev–Trinajstić information content (AvgIpc) is 3.00. The van der Waals surface area contributed by atoms with Crippen LogP contribution in [0, 0.1) is 6.92 Å². The van der Waals surface area contributed by atoms with Crippen LogP contribution in [0.2, 0.25) is 0 Å². The fourth-order valence-corrected chi connectivity index (χ4v) is 3.10. The summed E-state index contributed by atoms with van der Waals surface area (Å²) in [6.45, 7) is 2.54. The molecule has 2 aromatic heterocycles. The predicted molar refractivity (Wildman–Crippen MR) is 107 cm³/mol. The summed E-state index contributed by atoms with van der Waals surface area (Å²) < 4.78 is 9.39. The third kappa shape index (κ3) is 3.36. The minimum Gasteiger partial charge on any atom is -0.489 e. The summed E-state index contributed by atoms with van der Waals surface area (Å²) in [6, 6.07) is 15.8. The second-order valence-electron chi connectivity index (χ2n) is 6.76. The van der Waals surface area contributed by atoms with E-state index in [4.69, 9.17) is 4.74 Å². The van der Waals surface area contributed by atoms with Crippen LogP contribution >= 0.6 is 0 Å². The van der Waals surface area contributed by atoms with Crippen molar-refractivity contribution in [2.45, 2.75) is 13.5 Å². The highest BCUT2D eigenvalue weighted by molar-refractivity contribution is 5.88. The Morgan fingerprint density at radius 2 is 1.70 bits per heavy atom. The molecule has 0 N–H and O–H groups in total. The number of nitrogens with zero attached hydrogens (tertiary/aromatic N) is 3. The first kappa shape index (κ1) is 17.1. The summed E-state index contributed by atoms with van der Waals surface area (Å²) in [5.74, 6) is 0.834. The van der Waals surface area contributed by atoms with E-state index in [1.165, 1.54) is 0 Å². The number of pyridine rings is 1. The molecule has 0 fully saturated rings. The Kier molecular flexibility index (Phi) is 4.28. The molecule has 136 valence electrons. The van der Waals surface area contributed by atoms with Crippen LogP contribution in [-0.2, 0) is 20.7 Å². The van der Waals surface area contributed by atoms with Crippen molar-refractivity contribution in [3.8, 4) is 16.9 Å². The van der Waals surface area contributed by atoms with E-state index in [-0.39, 0.29) is 5.56 Å².